The van der Waals surface area contributed by atoms with Crippen LogP contribution >= 0.6 is 23.4 Å². The minimum absolute atomic E-state index is 0.0780. The highest BCUT2D eigenvalue weighted by atomic mass is 35.5. The molecule has 3 rings (SSSR count). The van der Waals surface area contributed by atoms with Crippen molar-refractivity contribution < 1.29 is 18.0 Å². The van der Waals surface area contributed by atoms with E-state index in [0.717, 1.165) is 0 Å². The zero-order valence-electron chi connectivity index (χ0n) is 12.5. The first-order chi connectivity index (χ1) is 11.3. The van der Waals surface area contributed by atoms with Crippen molar-refractivity contribution in [1.82, 2.24) is 14.9 Å². The van der Waals surface area contributed by atoms with Crippen LogP contribution in [0.25, 0.3) is 0 Å². The second-order valence-corrected chi connectivity index (χ2v) is 7.28. The third kappa shape index (κ3) is 3.39. The van der Waals surface area contributed by atoms with E-state index in [2.05, 4.69) is 10.3 Å². The molecule has 0 spiro atoms. The van der Waals surface area contributed by atoms with Crippen LogP contribution in [0.4, 0.5) is 13.2 Å². The first-order valence-electron chi connectivity index (χ1n) is 7.12. The summed E-state index contributed by atoms with van der Waals surface area (Å²) >= 11 is 7.09. The summed E-state index contributed by atoms with van der Waals surface area (Å²) in [4.78, 5) is 16.0. The summed E-state index contributed by atoms with van der Waals surface area (Å²) in [6.07, 6.45) is -4.68. The third-order valence-corrected chi connectivity index (χ3v) is 4.81. The fraction of sp³-hybridized carbons (Fsp3) is 0.333. The van der Waals surface area contributed by atoms with E-state index in [0.29, 0.717) is 17.1 Å². The molecule has 2 heterocycles. The zero-order valence-corrected chi connectivity index (χ0v) is 14.1. The number of thioether (sulfide) groups is 1. The Morgan fingerprint density at radius 2 is 2.25 bits per heavy atom. The molecule has 0 bridgehead atoms. The van der Waals surface area contributed by atoms with Gasteiger partial charge in [0.1, 0.15) is 5.69 Å². The molecular formula is C15H13ClF3N3OS. The van der Waals surface area contributed by atoms with Crippen LogP contribution in [0.1, 0.15) is 28.7 Å². The molecule has 0 fully saturated rings. The van der Waals surface area contributed by atoms with Crippen molar-refractivity contribution in [3.63, 3.8) is 0 Å². The number of carbonyl (C=O) groups is 1. The first kappa shape index (κ1) is 17.2. The number of benzene rings is 1. The van der Waals surface area contributed by atoms with Gasteiger partial charge in [0.2, 0.25) is 0 Å². The average Bonchev–Trinajstić information content (AvgIpc) is 3.00. The lowest BCUT2D eigenvalue weighted by Crippen LogP contribution is -2.28. The fourth-order valence-corrected chi connectivity index (χ4v) is 3.74. The number of aromatic nitrogens is 2. The number of amides is 1. The van der Waals surface area contributed by atoms with Crippen molar-refractivity contribution in [1.29, 1.82) is 0 Å². The van der Waals surface area contributed by atoms with Gasteiger partial charge in [0, 0.05) is 23.4 Å². The molecule has 1 aliphatic heterocycles. The maximum atomic E-state index is 13.2. The predicted octanol–water partition coefficient (Wildman–Crippen LogP) is 3.98. The van der Waals surface area contributed by atoms with Crippen molar-refractivity contribution in [2.45, 2.75) is 36.6 Å². The Kier molecular flexibility index (Phi) is 4.52. The van der Waals surface area contributed by atoms with Crippen LogP contribution in [-0.2, 0) is 19.3 Å². The lowest BCUT2D eigenvalue weighted by Gasteiger charge is -2.11. The van der Waals surface area contributed by atoms with Crippen LogP contribution in [0.5, 0.6) is 0 Å². The topological polar surface area (TPSA) is 46.9 Å². The third-order valence-electron chi connectivity index (χ3n) is 3.50. The summed E-state index contributed by atoms with van der Waals surface area (Å²) < 4.78 is 40.9. The molecule has 1 unspecified atom stereocenters. The van der Waals surface area contributed by atoms with Gasteiger partial charge < -0.3 is 9.88 Å². The molecule has 0 radical (unpaired) electrons. The highest BCUT2D eigenvalue weighted by Gasteiger charge is 2.43. The number of hydrogen-bond donors (Lipinski definition) is 1. The molecule has 1 aromatic carbocycles. The van der Waals surface area contributed by atoms with Gasteiger partial charge in [-0.05, 0) is 17.7 Å². The van der Waals surface area contributed by atoms with Gasteiger partial charge in [-0.3, -0.25) is 4.79 Å². The largest absolute Gasteiger partial charge is 0.435 e. The maximum Gasteiger partial charge on any atom is 0.435 e. The molecule has 0 saturated carbocycles. The van der Waals surface area contributed by atoms with Gasteiger partial charge in [0.05, 0.1) is 0 Å². The van der Waals surface area contributed by atoms with Gasteiger partial charge in [0.25, 0.3) is 5.91 Å². The Hall–Kier alpha value is -1.67. The molecule has 1 amide bonds. The number of nitrogens with zero attached hydrogens (tertiary/aromatic N) is 2. The van der Waals surface area contributed by atoms with Gasteiger partial charge in [-0.2, -0.15) is 13.2 Å². The quantitative estimate of drug-likeness (QED) is 0.882. The maximum absolute atomic E-state index is 13.2. The molecule has 2 aromatic rings. The predicted molar refractivity (Wildman–Crippen MR) is 85.2 cm³/mol. The molecule has 4 nitrogen and oxygen atoms in total. The second-order valence-electron chi connectivity index (χ2n) is 5.44. The minimum Gasteiger partial charge on any atom is -0.347 e. The van der Waals surface area contributed by atoms with Gasteiger partial charge in [-0.1, -0.05) is 42.4 Å². The fourth-order valence-electron chi connectivity index (χ4n) is 2.51. The Labute approximate surface area is 145 Å². The van der Waals surface area contributed by atoms with Gasteiger partial charge in [-0.15, -0.1) is 0 Å². The molecule has 1 aromatic heterocycles. The Bertz CT molecular complexity index is 791. The minimum atomic E-state index is -4.68. The molecule has 0 aliphatic carbocycles. The van der Waals surface area contributed by atoms with Crippen LogP contribution in [0.3, 0.4) is 0 Å². The number of halogens is 4. The van der Waals surface area contributed by atoms with Crippen LogP contribution in [0.15, 0.2) is 29.4 Å². The van der Waals surface area contributed by atoms with E-state index in [4.69, 9.17) is 11.6 Å². The summed E-state index contributed by atoms with van der Waals surface area (Å²) in [7, 11) is 0. The van der Waals surface area contributed by atoms with E-state index in [1.54, 1.807) is 24.3 Å². The molecule has 1 atom stereocenters. The number of hydrogen-bond acceptors (Lipinski definition) is 3. The second kappa shape index (κ2) is 6.33. The summed E-state index contributed by atoms with van der Waals surface area (Å²) in [5.41, 5.74) is -0.870. The van der Waals surface area contributed by atoms with Crippen molar-refractivity contribution in [3.8, 4) is 0 Å². The van der Waals surface area contributed by atoms with Crippen molar-refractivity contribution in [2.24, 2.45) is 0 Å². The molecule has 128 valence electrons. The Balaban J connectivity index is 1.86. The Morgan fingerprint density at radius 1 is 1.50 bits per heavy atom. The number of imidazole rings is 1. The highest BCUT2D eigenvalue weighted by Crippen LogP contribution is 2.39. The summed E-state index contributed by atoms with van der Waals surface area (Å²) in [5.74, 6) is -0.796. The molecular weight excluding hydrogens is 363 g/mol. The SMILES string of the molecule is CC1Cn2c(nc(C(F)(F)F)c2C(=O)NCc2cccc(Cl)c2)S1. The lowest BCUT2D eigenvalue weighted by molar-refractivity contribution is -0.141. The van der Waals surface area contributed by atoms with E-state index in [1.165, 1.54) is 16.3 Å². The molecule has 24 heavy (non-hydrogen) atoms. The van der Waals surface area contributed by atoms with E-state index in [-0.39, 0.29) is 17.0 Å². The Morgan fingerprint density at radius 3 is 2.92 bits per heavy atom. The van der Waals surface area contributed by atoms with Crippen molar-refractivity contribution in [3.05, 3.63) is 46.2 Å². The zero-order chi connectivity index (χ0) is 17.5. The summed E-state index contributed by atoms with van der Waals surface area (Å²) in [6.45, 7) is 2.28. The van der Waals surface area contributed by atoms with E-state index >= 15 is 0 Å². The number of rotatable bonds is 3. The van der Waals surface area contributed by atoms with Crippen molar-refractivity contribution in [2.75, 3.05) is 0 Å². The average molecular weight is 376 g/mol. The normalized spacial score (nSPS) is 17.0. The van der Waals surface area contributed by atoms with Crippen molar-refractivity contribution >= 4 is 29.3 Å². The number of nitrogens with one attached hydrogen (secondary N) is 1. The van der Waals surface area contributed by atoms with Crippen LogP contribution in [0, 0.1) is 0 Å². The van der Waals surface area contributed by atoms with E-state index < -0.39 is 23.5 Å². The highest BCUT2D eigenvalue weighted by molar-refractivity contribution is 7.99. The van der Waals surface area contributed by atoms with Crippen LogP contribution in [0.2, 0.25) is 5.02 Å². The standard InChI is InChI=1S/C15H13ClF3N3OS/c1-8-7-22-11(12(15(17,18)19)21-14(22)24-8)13(23)20-6-9-3-2-4-10(16)5-9/h2-5,8H,6-7H2,1H3,(H,20,23). The van der Waals surface area contributed by atoms with E-state index in [1.807, 2.05) is 6.92 Å². The van der Waals surface area contributed by atoms with E-state index in [9.17, 15) is 18.0 Å². The van der Waals surface area contributed by atoms with Crippen LogP contribution < -0.4 is 5.32 Å². The number of fused-ring (bicyclic) bond motifs is 1. The van der Waals surface area contributed by atoms with Gasteiger partial charge in [0.15, 0.2) is 10.9 Å². The lowest BCUT2D eigenvalue weighted by atomic mass is 10.2. The molecule has 1 N–H and O–H groups in total. The van der Waals surface area contributed by atoms with Crippen LogP contribution in [-0.4, -0.2) is 20.7 Å². The number of carbonyl (C=O) groups excluding carboxylic acids is 1. The smallest absolute Gasteiger partial charge is 0.347 e. The first-order valence-corrected chi connectivity index (χ1v) is 8.38. The van der Waals surface area contributed by atoms with Gasteiger partial charge in [-0.25, -0.2) is 4.98 Å². The monoisotopic (exact) mass is 375 g/mol. The molecule has 0 saturated heterocycles. The summed E-state index contributed by atoms with van der Waals surface area (Å²) in [5, 5.41) is 3.31. The van der Waals surface area contributed by atoms with Gasteiger partial charge >= 0.3 is 6.18 Å². The molecule has 1 aliphatic rings. The molecule has 9 heteroatoms. The number of alkyl halides is 3. The summed E-state index contributed by atoms with van der Waals surface area (Å²) in [6, 6.07) is 6.76.